The van der Waals surface area contributed by atoms with E-state index in [0.29, 0.717) is 41.1 Å². The summed E-state index contributed by atoms with van der Waals surface area (Å²) >= 11 is 0. The number of aromatic hydroxyl groups is 1. The van der Waals surface area contributed by atoms with E-state index in [1.54, 1.807) is 30.0 Å². The number of ketones is 2. The number of nitrogens with zero attached hydrogens (tertiary/aromatic N) is 2. The van der Waals surface area contributed by atoms with E-state index in [1.807, 2.05) is 54.6 Å². The number of ether oxygens (including phenoxy) is 1. The average Bonchev–Trinajstić information content (AvgIpc) is 3.39. The number of phenolic OH excluding ortho intramolecular Hbond substituents is 1. The van der Waals surface area contributed by atoms with Gasteiger partial charge in [0.25, 0.3) is 0 Å². The van der Waals surface area contributed by atoms with Crippen LogP contribution in [0.25, 0.3) is 0 Å². The molecule has 2 aliphatic heterocycles. The van der Waals surface area contributed by atoms with Crippen LogP contribution in [0.3, 0.4) is 0 Å². The van der Waals surface area contributed by atoms with Crippen LogP contribution >= 0.6 is 0 Å². The van der Waals surface area contributed by atoms with Crippen molar-refractivity contribution in [3.05, 3.63) is 130 Å². The summed E-state index contributed by atoms with van der Waals surface area (Å²) in [5, 5.41) is 11.5. The maximum Gasteiger partial charge on any atom is 0.233 e. The highest BCUT2D eigenvalue weighted by Crippen LogP contribution is 2.56. The van der Waals surface area contributed by atoms with Gasteiger partial charge in [-0.3, -0.25) is 29.0 Å². The van der Waals surface area contributed by atoms with Crippen LogP contribution in [-0.4, -0.2) is 57.4 Å². The Morgan fingerprint density at radius 2 is 1.54 bits per heavy atom. The van der Waals surface area contributed by atoms with Gasteiger partial charge in [0.2, 0.25) is 11.8 Å². The monoisotopic (exact) mass is 668 g/mol. The summed E-state index contributed by atoms with van der Waals surface area (Å²) < 4.78 is 5.96. The first-order valence-electron chi connectivity index (χ1n) is 17.6. The molecule has 8 rings (SSSR count). The molecule has 0 saturated carbocycles. The quantitative estimate of drug-likeness (QED) is 0.185. The molecule has 8 heteroatoms. The Hall–Kier alpha value is -5.08. The maximum atomic E-state index is 14.4. The molecule has 4 atom stereocenters. The Morgan fingerprint density at radius 1 is 0.840 bits per heavy atom. The number of benzene rings is 3. The van der Waals surface area contributed by atoms with Gasteiger partial charge in [-0.05, 0) is 61.8 Å². The molecule has 4 unspecified atom stereocenters. The van der Waals surface area contributed by atoms with Crippen molar-refractivity contribution in [2.24, 2.45) is 17.8 Å². The van der Waals surface area contributed by atoms with E-state index in [1.165, 1.54) is 11.6 Å². The van der Waals surface area contributed by atoms with Gasteiger partial charge in [-0.25, -0.2) is 0 Å². The van der Waals surface area contributed by atoms with Crippen molar-refractivity contribution in [1.29, 1.82) is 0 Å². The van der Waals surface area contributed by atoms with Gasteiger partial charge in [-0.15, -0.1) is 0 Å². The van der Waals surface area contributed by atoms with Crippen LogP contribution in [-0.2, 0) is 32.3 Å². The first-order valence-corrected chi connectivity index (χ1v) is 17.6. The van der Waals surface area contributed by atoms with Gasteiger partial charge in [0, 0.05) is 59.9 Å². The summed E-state index contributed by atoms with van der Waals surface area (Å²) in [6, 6.07) is 24.9. The Bertz CT molecular complexity index is 1970. The summed E-state index contributed by atoms with van der Waals surface area (Å²) in [5.74, 6) is -2.63. The summed E-state index contributed by atoms with van der Waals surface area (Å²) in [7, 11) is 0. The molecule has 254 valence electrons. The molecule has 1 N–H and O–H groups in total. The van der Waals surface area contributed by atoms with Crippen LogP contribution in [0.5, 0.6) is 11.5 Å². The molecule has 50 heavy (non-hydrogen) atoms. The Balaban J connectivity index is 1.07. The zero-order chi connectivity index (χ0) is 34.5. The third kappa shape index (κ3) is 5.61. The van der Waals surface area contributed by atoms with E-state index < -0.39 is 23.7 Å². The van der Waals surface area contributed by atoms with Crippen molar-refractivity contribution in [2.75, 3.05) is 13.1 Å². The normalized spacial score (nSPS) is 25.6. The topological polar surface area (TPSA) is 104 Å². The number of hydrogen-bond acceptors (Lipinski definition) is 7. The molecule has 5 aliphatic rings. The largest absolute Gasteiger partial charge is 0.507 e. The first-order chi connectivity index (χ1) is 24.3. The van der Waals surface area contributed by atoms with Crippen LogP contribution in [0.2, 0.25) is 0 Å². The molecule has 3 aromatic rings. The summed E-state index contributed by atoms with van der Waals surface area (Å²) in [6.07, 6.45) is 5.41. The van der Waals surface area contributed by atoms with E-state index in [9.17, 15) is 24.3 Å². The second-order valence-corrected chi connectivity index (χ2v) is 14.3. The Labute approximate surface area is 291 Å². The standard InChI is InChI=1S/C42H40N2O6/c1-25-20-35(45)34-22-33-30(37(39(34)40(25)47)31-13-12-29(21-36(31)46)50-24-27-10-6-3-7-11-27)14-15-32-38(33)42(49)44(41(32)48)28-16-18-43(19-17-28)23-26-8-4-2-5-9-26/h2-14,20-21,28,32-33,37-38,46H,15-19,22-24H2,1H3. The zero-order valence-electron chi connectivity index (χ0n) is 28.1. The molecule has 3 aliphatic carbocycles. The molecule has 0 spiro atoms. The fourth-order valence-electron chi connectivity index (χ4n) is 8.88. The maximum absolute atomic E-state index is 14.4. The average molecular weight is 669 g/mol. The van der Waals surface area contributed by atoms with E-state index >= 15 is 0 Å². The smallest absolute Gasteiger partial charge is 0.233 e. The first kappa shape index (κ1) is 32.1. The van der Waals surface area contributed by atoms with Crippen LogP contribution in [0, 0.1) is 17.8 Å². The minimum Gasteiger partial charge on any atom is -0.507 e. The molecule has 3 aromatic carbocycles. The highest BCUT2D eigenvalue weighted by molar-refractivity contribution is 6.24. The number of Topliss-reactive ketones (excluding diaryl/α,β-unsaturated/α-hetero) is 1. The molecule has 8 nitrogen and oxygen atoms in total. The minimum absolute atomic E-state index is 0.0544. The van der Waals surface area contributed by atoms with E-state index in [0.717, 1.165) is 43.6 Å². The van der Waals surface area contributed by atoms with Crippen molar-refractivity contribution in [3.63, 3.8) is 0 Å². The second-order valence-electron chi connectivity index (χ2n) is 14.3. The predicted molar refractivity (Wildman–Crippen MR) is 187 cm³/mol. The van der Waals surface area contributed by atoms with Gasteiger partial charge in [0.05, 0.1) is 11.8 Å². The van der Waals surface area contributed by atoms with Crippen LogP contribution < -0.4 is 4.74 Å². The number of carbonyl (C=O) groups is 4. The molecule has 2 saturated heterocycles. The number of fused-ring (bicyclic) bond motifs is 3. The number of phenols is 1. The van der Waals surface area contributed by atoms with Gasteiger partial charge in [0.1, 0.15) is 18.1 Å². The molecule has 0 aromatic heterocycles. The lowest BCUT2D eigenvalue weighted by Crippen LogP contribution is -2.47. The van der Waals surface area contributed by atoms with Gasteiger partial charge in [0.15, 0.2) is 11.6 Å². The van der Waals surface area contributed by atoms with Crippen molar-refractivity contribution < 1.29 is 29.0 Å². The lowest BCUT2D eigenvalue weighted by molar-refractivity contribution is -0.144. The highest BCUT2D eigenvalue weighted by Gasteiger charge is 2.57. The highest BCUT2D eigenvalue weighted by atomic mass is 16.5. The number of hydrogen-bond donors (Lipinski definition) is 1. The summed E-state index contributed by atoms with van der Waals surface area (Å²) in [5.41, 5.74) is 4.63. The second kappa shape index (κ2) is 13.0. The summed E-state index contributed by atoms with van der Waals surface area (Å²) in [4.78, 5) is 59.7. The number of likely N-dealkylation sites (tertiary alicyclic amines) is 2. The van der Waals surface area contributed by atoms with Crippen LogP contribution in [0.15, 0.2) is 113 Å². The van der Waals surface area contributed by atoms with Crippen molar-refractivity contribution in [1.82, 2.24) is 9.80 Å². The van der Waals surface area contributed by atoms with Crippen molar-refractivity contribution in [3.8, 4) is 11.5 Å². The predicted octanol–water partition coefficient (Wildman–Crippen LogP) is 6.07. The summed E-state index contributed by atoms with van der Waals surface area (Å²) in [6.45, 7) is 4.39. The third-order valence-electron chi connectivity index (χ3n) is 11.3. The van der Waals surface area contributed by atoms with Crippen LogP contribution in [0.4, 0.5) is 0 Å². The molecule has 2 heterocycles. The van der Waals surface area contributed by atoms with E-state index in [2.05, 4.69) is 17.0 Å². The van der Waals surface area contributed by atoms with Crippen molar-refractivity contribution >= 4 is 23.4 Å². The zero-order valence-corrected chi connectivity index (χ0v) is 28.1. The van der Waals surface area contributed by atoms with Gasteiger partial charge in [-0.1, -0.05) is 78.4 Å². The molecule has 0 bridgehead atoms. The van der Waals surface area contributed by atoms with Gasteiger partial charge < -0.3 is 9.84 Å². The van der Waals surface area contributed by atoms with E-state index in [4.69, 9.17) is 4.74 Å². The number of rotatable bonds is 7. The van der Waals surface area contributed by atoms with Gasteiger partial charge in [-0.2, -0.15) is 0 Å². The van der Waals surface area contributed by atoms with Crippen LogP contribution in [0.1, 0.15) is 55.2 Å². The number of imide groups is 1. The molecule has 0 radical (unpaired) electrons. The lowest BCUT2D eigenvalue weighted by Gasteiger charge is -2.42. The number of carbonyl (C=O) groups excluding carboxylic acids is 4. The lowest BCUT2D eigenvalue weighted by atomic mass is 9.59. The SMILES string of the molecule is CC1=CC(=O)C2=C(C1=O)C(c1ccc(OCc3ccccc3)cc1O)C1=CCC3C(=O)N(C4CCN(Cc5ccccc5)CC4)C(=O)C3C1C2. The molecule has 2 amide bonds. The number of allylic oxidation sites excluding steroid dienone is 6. The fourth-order valence-corrected chi connectivity index (χ4v) is 8.88. The molecular weight excluding hydrogens is 628 g/mol. The van der Waals surface area contributed by atoms with E-state index in [-0.39, 0.29) is 41.6 Å². The Morgan fingerprint density at radius 3 is 2.24 bits per heavy atom. The van der Waals surface area contributed by atoms with Crippen molar-refractivity contribution in [2.45, 2.75) is 57.7 Å². The third-order valence-corrected chi connectivity index (χ3v) is 11.3. The fraction of sp³-hybridized carbons (Fsp3) is 0.333. The van der Waals surface area contributed by atoms with Gasteiger partial charge >= 0.3 is 0 Å². The number of piperidine rings is 1. The molecule has 2 fully saturated rings. The Kier molecular flexibility index (Phi) is 8.35. The minimum atomic E-state index is -0.717. The molecular formula is C42H40N2O6. The number of amides is 2.